The monoisotopic (exact) mass is 391 g/mol. The van der Waals surface area contributed by atoms with Crippen LogP contribution in [0.4, 0.5) is 5.95 Å². The fourth-order valence-electron chi connectivity index (χ4n) is 4.22. The molecule has 1 aromatic heterocycles. The van der Waals surface area contributed by atoms with Gasteiger partial charge in [0.25, 0.3) is 0 Å². The number of benzene rings is 1. The molecule has 29 heavy (non-hydrogen) atoms. The van der Waals surface area contributed by atoms with Gasteiger partial charge in [0.05, 0.1) is 0 Å². The van der Waals surface area contributed by atoms with Crippen molar-refractivity contribution in [2.75, 3.05) is 45.2 Å². The summed E-state index contributed by atoms with van der Waals surface area (Å²) in [5.41, 5.74) is 3.83. The largest absolute Gasteiger partial charge is 0.347 e. The van der Waals surface area contributed by atoms with Crippen molar-refractivity contribution in [2.45, 2.75) is 25.3 Å². The van der Waals surface area contributed by atoms with Crippen LogP contribution in [-0.4, -0.2) is 72.0 Å². The maximum atomic E-state index is 12.6. The van der Waals surface area contributed by atoms with E-state index in [1.165, 1.54) is 17.5 Å². The minimum atomic E-state index is 0.0651. The van der Waals surface area contributed by atoms with Crippen molar-refractivity contribution in [1.82, 2.24) is 19.8 Å². The van der Waals surface area contributed by atoms with Crippen LogP contribution >= 0.6 is 0 Å². The zero-order chi connectivity index (χ0) is 20.2. The first-order chi connectivity index (χ1) is 14.1. The van der Waals surface area contributed by atoms with Crippen LogP contribution < -0.4 is 4.90 Å². The molecule has 0 bridgehead atoms. The van der Waals surface area contributed by atoms with E-state index in [1.807, 2.05) is 23.9 Å². The van der Waals surface area contributed by atoms with Gasteiger partial charge < -0.3 is 9.80 Å². The summed E-state index contributed by atoms with van der Waals surface area (Å²) < 4.78 is 0. The molecular formula is C23H29N5O. The molecule has 1 atom stereocenters. The standard InChI is InChI=1S/C23H29N5O/c1-26(2)23-24-16-18(17-25-23)7-10-22(29)28-13-11-27(12-14-28)21-9-8-19-5-3-4-6-20(19)15-21/h3-7,10,16-17,21H,8-9,11-15H2,1-2H3/b10-7+. The molecule has 1 saturated heterocycles. The minimum Gasteiger partial charge on any atom is -0.347 e. The molecular weight excluding hydrogens is 362 g/mol. The third-order valence-electron chi connectivity index (χ3n) is 5.94. The van der Waals surface area contributed by atoms with Gasteiger partial charge in [-0.3, -0.25) is 9.69 Å². The number of hydrogen-bond donors (Lipinski definition) is 0. The van der Waals surface area contributed by atoms with Crippen molar-refractivity contribution in [2.24, 2.45) is 0 Å². The number of amides is 1. The zero-order valence-electron chi connectivity index (χ0n) is 17.3. The molecule has 1 aliphatic heterocycles. The molecule has 2 aliphatic rings. The maximum Gasteiger partial charge on any atom is 0.246 e. The number of hydrogen-bond acceptors (Lipinski definition) is 5. The Balaban J connectivity index is 1.28. The lowest BCUT2D eigenvalue weighted by Gasteiger charge is -2.40. The lowest BCUT2D eigenvalue weighted by Crippen LogP contribution is -2.52. The van der Waals surface area contributed by atoms with E-state index >= 15 is 0 Å². The summed E-state index contributed by atoms with van der Waals surface area (Å²) in [5, 5.41) is 0. The summed E-state index contributed by atoms with van der Waals surface area (Å²) in [7, 11) is 3.81. The molecule has 4 rings (SSSR count). The average Bonchev–Trinajstić information content (AvgIpc) is 2.77. The summed E-state index contributed by atoms with van der Waals surface area (Å²) in [4.78, 5) is 27.5. The predicted molar refractivity (Wildman–Crippen MR) is 116 cm³/mol. The van der Waals surface area contributed by atoms with Gasteiger partial charge in [-0.05, 0) is 36.5 Å². The quantitative estimate of drug-likeness (QED) is 0.749. The zero-order valence-corrected chi connectivity index (χ0v) is 17.3. The fourth-order valence-corrected chi connectivity index (χ4v) is 4.22. The highest BCUT2D eigenvalue weighted by molar-refractivity contribution is 5.91. The molecule has 1 aromatic carbocycles. The first kappa shape index (κ1) is 19.6. The summed E-state index contributed by atoms with van der Waals surface area (Å²) in [6.07, 6.45) is 10.4. The van der Waals surface area contributed by atoms with Crippen molar-refractivity contribution in [3.05, 3.63) is 59.4 Å². The number of aryl methyl sites for hydroxylation is 1. The van der Waals surface area contributed by atoms with Gasteiger partial charge in [-0.1, -0.05) is 24.3 Å². The molecule has 1 amide bonds. The Morgan fingerprint density at radius 2 is 1.76 bits per heavy atom. The number of nitrogens with zero attached hydrogens (tertiary/aromatic N) is 5. The van der Waals surface area contributed by atoms with E-state index in [9.17, 15) is 4.79 Å². The van der Waals surface area contributed by atoms with E-state index in [0.29, 0.717) is 12.0 Å². The number of anilines is 1. The summed E-state index contributed by atoms with van der Waals surface area (Å²) in [6.45, 7) is 3.48. The number of aromatic nitrogens is 2. The number of fused-ring (bicyclic) bond motifs is 1. The Morgan fingerprint density at radius 1 is 1.07 bits per heavy atom. The molecule has 0 N–H and O–H groups in total. The van der Waals surface area contributed by atoms with Gasteiger partial charge in [-0.15, -0.1) is 0 Å². The Labute approximate surface area is 172 Å². The van der Waals surface area contributed by atoms with E-state index in [0.717, 1.165) is 44.6 Å². The molecule has 1 aliphatic carbocycles. The lowest BCUT2D eigenvalue weighted by molar-refractivity contribution is -0.128. The topological polar surface area (TPSA) is 52.6 Å². The van der Waals surface area contributed by atoms with E-state index < -0.39 is 0 Å². The van der Waals surface area contributed by atoms with Crippen molar-refractivity contribution in [3.63, 3.8) is 0 Å². The molecule has 0 spiro atoms. The van der Waals surface area contributed by atoms with Crippen LogP contribution in [0.2, 0.25) is 0 Å². The molecule has 6 heteroatoms. The van der Waals surface area contributed by atoms with Crippen molar-refractivity contribution in [1.29, 1.82) is 0 Å². The van der Waals surface area contributed by atoms with E-state index in [-0.39, 0.29) is 5.91 Å². The van der Waals surface area contributed by atoms with Gasteiger partial charge in [-0.2, -0.15) is 0 Å². The molecule has 1 fully saturated rings. The van der Waals surface area contributed by atoms with Crippen LogP contribution in [0, 0.1) is 0 Å². The highest BCUT2D eigenvalue weighted by atomic mass is 16.2. The van der Waals surface area contributed by atoms with Crippen molar-refractivity contribution < 1.29 is 4.79 Å². The average molecular weight is 392 g/mol. The highest BCUT2D eigenvalue weighted by Crippen LogP contribution is 2.25. The summed E-state index contributed by atoms with van der Waals surface area (Å²) >= 11 is 0. The normalized spacial score (nSPS) is 19.9. The summed E-state index contributed by atoms with van der Waals surface area (Å²) in [5.74, 6) is 0.727. The van der Waals surface area contributed by atoms with Crippen LogP contribution in [0.15, 0.2) is 42.7 Å². The van der Waals surface area contributed by atoms with Gasteiger partial charge >= 0.3 is 0 Å². The molecule has 6 nitrogen and oxygen atoms in total. The molecule has 2 aromatic rings. The van der Waals surface area contributed by atoms with Crippen LogP contribution in [0.5, 0.6) is 0 Å². The Morgan fingerprint density at radius 3 is 2.45 bits per heavy atom. The number of carbonyl (C=O) groups excluding carboxylic acids is 1. The van der Waals surface area contributed by atoms with Gasteiger partial charge in [0.15, 0.2) is 0 Å². The van der Waals surface area contributed by atoms with E-state index in [4.69, 9.17) is 0 Å². The molecule has 0 radical (unpaired) electrons. The molecule has 0 saturated carbocycles. The van der Waals surface area contributed by atoms with Gasteiger partial charge in [0.1, 0.15) is 0 Å². The summed E-state index contributed by atoms with van der Waals surface area (Å²) in [6, 6.07) is 9.40. The maximum absolute atomic E-state index is 12.6. The van der Waals surface area contributed by atoms with Crippen LogP contribution in [-0.2, 0) is 17.6 Å². The van der Waals surface area contributed by atoms with E-state index in [1.54, 1.807) is 24.5 Å². The lowest BCUT2D eigenvalue weighted by atomic mass is 9.87. The van der Waals surface area contributed by atoms with E-state index in [2.05, 4.69) is 39.1 Å². The Hall–Kier alpha value is -2.73. The van der Waals surface area contributed by atoms with Crippen molar-refractivity contribution >= 4 is 17.9 Å². The third-order valence-corrected chi connectivity index (χ3v) is 5.94. The minimum absolute atomic E-state index is 0.0651. The van der Waals surface area contributed by atoms with Gasteiger partial charge in [-0.25, -0.2) is 9.97 Å². The number of piperazine rings is 1. The van der Waals surface area contributed by atoms with Crippen LogP contribution in [0.25, 0.3) is 6.08 Å². The Kier molecular flexibility index (Phi) is 5.90. The Bertz CT molecular complexity index is 869. The SMILES string of the molecule is CN(C)c1ncc(/C=C/C(=O)N2CCN(C3CCc4ccccc4C3)CC2)cn1. The number of rotatable bonds is 4. The van der Waals surface area contributed by atoms with Gasteiger partial charge in [0, 0.05) is 70.3 Å². The number of carbonyl (C=O) groups is 1. The highest BCUT2D eigenvalue weighted by Gasteiger charge is 2.28. The first-order valence-electron chi connectivity index (χ1n) is 10.4. The van der Waals surface area contributed by atoms with Crippen molar-refractivity contribution in [3.8, 4) is 0 Å². The molecule has 152 valence electrons. The predicted octanol–water partition coefficient (Wildman–Crippen LogP) is 2.26. The second-order valence-corrected chi connectivity index (χ2v) is 8.07. The van der Waals surface area contributed by atoms with Gasteiger partial charge in [0.2, 0.25) is 11.9 Å². The molecule has 2 heterocycles. The second kappa shape index (κ2) is 8.74. The smallest absolute Gasteiger partial charge is 0.246 e. The van der Waals surface area contributed by atoms with Crippen LogP contribution in [0.1, 0.15) is 23.1 Å². The first-order valence-corrected chi connectivity index (χ1v) is 10.4. The third kappa shape index (κ3) is 4.65. The molecule has 1 unspecified atom stereocenters. The second-order valence-electron chi connectivity index (χ2n) is 8.07. The fraction of sp³-hybridized carbons (Fsp3) is 0.435. The van der Waals surface area contributed by atoms with Crippen LogP contribution in [0.3, 0.4) is 0 Å².